The third-order valence-electron chi connectivity index (χ3n) is 7.06. The molecule has 0 atom stereocenters. The molecule has 0 radical (unpaired) electrons. The minimum Gasteiger partial charge on any atom is -0.215 e. The molecule has 0 N–H and O–H groups in total. The molecule has 168 valence electrons. The van der Waals surface area contributed by atoms with Gasteiger partial charge < -0.3 is 0 Å². The van der Waals surface area contributed by atoms with Crippen molar-refractivity contribution in [2.75, 3.05) is 5.01 Å². The van der Waals surface area contributed by atoms with Crippen molar-refractivity contribution in [2.24, 2.45) is 16.6 Å². The Morgan fingerprint density at radius 3 is 2.19 bits per heavy atom. The Labute approximate surface area is 189 Å². The molecule has 3 aromatic rings. The molecular weight excluding hydrogens is 400 g/mol. The summed E-state index contributed by atoms with van der Waals surface area (Å²) in [5.41, 5.74) is 3.38. The van der Waals surface area contributed by atoms with E-state index in [4.69, 9.17) is 0 Å². The van der Waals surface area contributed by atoms with Crippen molar-refractivity contribution in [3.05, 3.63) is 70.4 Å². The van der Waals surface area contributed by atoms with Gasteiger partial charge in [-0.25, -0.2) is 5.01 Å². The topological polar surface area (TPSA) is 76.3 Å². The average Bonchev–Trinajstić information content (AvgIpc) is 3.24. The maximum absolute atomic E-state index is 12.4. The van der Waals surface area contributed by atoms with Crippen LogP contribution in [0.5, 0.6) is 0 Å². The van der Waals surface area contributed by atoms with E-state index in [1.165, 1.54) is 0 Å². The maximum Gasteiger partial charge on any atom is 0.184 e. The Hall–Kier alpha value is -3.09. The molecule has 0 amide bonds. The molecule has 0 bridgehead atoms. The van der Waals surface area contributed by atoms with Gasteiger partial charge in [-0.3, -0.25) is 0 Å². The minimum absolute atomic E-state index is 0.205. The van der Waals surface area contributed by atoms with Crippen molar-refractivity contribution < 1.29 is 0 Å². The molecule has 7 nitrogen and oxygen atoms in total. The lowest BCUT2D eigenvalue weighted by Gasteiger charge is -2.46. The molecule has 0 spiro atoms. The highest BCUT2D eigenvalue weighted by Gasteiger charge is 2.49. The number of tetrazole rings is 1. The number of rotatable bonds is 5. The van der Waals surface area contributed by atoms with Gasteiger partial charge >= 0.3 is 0 Å². The van der Waals surface area contributed by atoms with Crippen LogP contribution < -0.4 is 5.01 Å². The van der Waals surface area contributed by atoms with Crippen molar-refractivity contribution in [1.82, 2.24) is 20.2 Å². The number of anilines is 1. The Bertz CT molecular complexity index is 1060. The summed E-state index contributed by atoms with van der Waals surface area (Å²) >= 11 is 0. The van der Waals surface area contributed by atoms with Gasteiger partial charge in [-0.15, -0.1) is 10.0 Å². The van der Waals surface area contributed by atoms with E-state index in [1.807, 2.05) is 41.1 Å². The van der Waals surface area contributed by atoms with Gasteiger partial charge in [0.25, 0.3) is 0 Å². The molecule has 1 aromatic heterocycles. The first-order valence-electron chi connectivity index (χ1n) is 11.3. The van der Waals surface area contributed by atoms with E-state index >= 15 is 0 Å². The number of aromatic nitrogens is 4. The van der Waals surface area contributed by atoms with Crippen molar-refractivity contribution in [2.45, 2.75) is 65.8 Å². The third kappa shape index (κ3) is 3.80. The predicted molar refractivity (Wildman–Crippen MR) is 126 cm³/mol. The van der Waals surface area contributed by atoms with Gasteiger partial charge in [0.2, 0.25) is 0 Å². The SMILES string of the molecule is Cc1cccc(C)c1-n1nnnc1C1(N(N=O)c2ccccc2)CCC(C(C)(C)C)CC1. The number of hydrogen-bond acceptors (Lipinski definition) is 5. The molecule has 0 unspecified atom stereocenters. The zero-order valence-electron chi connectivity index (χ0n) is 19.6. The number of nitroso groups, excluding NO2 is 1. The first kappa shape index (κ1) is 22.1. The molecular formula is C25H32N6O. The lowest BCUT2D eigenvalue weighted by atomic mass is 9.66. The van der Waals surface area contributed by atoms with Crippen LogP contribution in [-0.4, -0.2) is 20.2 Å². The highest BCUT2D eigenvalue weighted by Crippen LogP contribution is 2.49. The second-order valence-electron chi connectivity index (χ2n) is 10.1. The third-order valence-corrected chi connectivity index (χ3v) is 7.06. The number of hydrogen-bond donors (Lipinski definition) is 0. The van der Waals surface area contributed by atoms with Gasteiger partial charge in [-0.1, -0.05) is 57.2 Å². The largest absolute Gasteiger partial charge is 0.215 e. The van der Waals surface area contributed by atoms with Crippen LogP contribution in [0.15, 0.2) is 53.8 Å². The second kappa shape index (κ2) is 8.45. The normalized spacial score (nSPS) is 21.3. The molecule has 1 fully saturated rings. The molecule has 1 aliphatic carbocycles. The summed E-state index contributed by atoms with van der Waals surface area (Å²) in [6, 6.07) is 15.8. The predicted octanol–water partition coefficient (Wildman–Crippen LogP) is 5.90. The molecule has 0 aliphatic heterocycles. The summed E-state index contributed by atoms with van der Waals surface area (Å²) in [6.45, 7) is 11.0. The van der Waals surface area contributed by atoms with Crippen LogP contribution in [-0.2, 0) is 5.54 Å². The lowest BCUT2D eigenvalue weighted by Crippen LogP contribution is -2.49. The van der Waals surface area contributed by atoms with Crippen molar-refractivity contribution in [1.29, 1.82) is 0 Å². The smallest absolute Gasteiger partial charge is 0.184 e. The molecule has 2 aromatic carbocycles. The van der Waals surface area contributed by atoms with Crippen LogP contribution in [0.4, 0.5) is 5.69 Å². The molecule has 7 heteroatoms. The summed E-state index contributed by atoms with van der Waals surface area (Å²) in [5.74, 6) is 1.23. The van der Waals surface area contributed by atoms with Gasteiger partial charge in [0.05, 0.1) is 16.7 Å². The standard InChI is InChI=1S/C25H32N6O/c1-18-10-9-11-19(2)22(18)30-23(26-27-28-30)25(16-14-20(15-17-25)24(3,4)5)31(29-32)21-12-7-6-8-13-21/h6-13,20H,14-17H2,1-5H3. The zero-order valence-corrected chi connectivity index (χ0v) is 19.6. The molecule has 1 heterocycles. The highest BCUT2D eigenvalue weighted by atomic mass is 16.3. The van der Waals surface area contributed by atoms with Crippen LogP contribution in [0.2, 0.25) is 0 Å². The van der Waals surface area contributed by atoms with Gasteiger partial charge in [0, 0.05) is 0 Å². The summed E-state index contributed by atoms with van der Waals surface area (Å²) in [5, 5.41) is 18.1. The van der Waals surface area contributed by atoms with E-state index < -0.39 is 5.54 Å². The van der Waals surface area contributed by atoms with E-state index in [0.29, 0.717) is 11.7 Å². The van der Waals surface area contributed by atoms with Gasteiger partial charge in [0.1, 0.15) is 5.54 Å². The lowest BCUT2D eigenvalue weighted by molar-refractivity contribution is 0.123. The first-order chi connectivity index (χ1) is 15.3. The van der Waals surface area contributed by atoms with Crippen LogP contribution in [0, 0.1) is 30.1 Å². The summed E-state index contributed by atoms with van der Waals surface area (Å²) in [7, 11) is 0. The molecule has 32 heavy (non-hydrogen) atoms. The van der Waals surface area contributed by atoms with E-state index in [1.54, 1.807) is 5.01 Å². The number of aryl methyl sites for hydroxylation is 2. The molecule has 1 aliphatic rings. The first-order valence-corrected chi connectivity index (χ1v) is 11.3. The Balaban J connectivity index is 1.88. The fourth-order valence-electron chi connectivity index (χ4n) is 5.20. The maximum atomic E-state index is 12.4. The average molecular weight is 433 g/mol. The van der Waals surface area contributed by atoms with Crippen molar-refractivity contribution in [3.8, 4) is 5.69 Å². The van der Waals surface area contributed by atoms with Crippen molar-refractivity contribution >= 4 is 5.69 Å². The van der Waals surface area contributed by atoms with Gasteiger partial charge in [-0.05, 0) is 84.6 Å². The molecule has 1 saturated carbocycles. The second-order valence-corrected chi connectivity index (χ2v) is 10.1. The fourth-order valence-corrected chi connectivity index (χ4v) is 5.20. The number of benzene rings is 2. The van der Waals surface area contributed by atoms with E-state index in [2.05, 4.69) is 67.6 Å². The quantitative estimate of drug-likeness (QED) is 0.371. The molecule has 4 rings (SSSR count). The minimum atomic E-state index is -0.719. The van der Waals surface area contributed by atoms with E-state index in [9.17, 15) is 4.91 Å². The summed E-state index contributed by atoms with van der Waals surface area (Å²) < 4.78 is 1.82. The molecule has 0 saturated heterocycles. The van der Waals surface area contributed by atoms with Crippen LogP contribution in [0.3, 0.4) is 0 Å². The summed E-state index contributed by atoms with van der Waals surface area (Å²) in [4.78, 5) is 12.4. The number of nitrogens with zero attached hydrogens (tertiary/aromatic N) is 6. The monoisotopic (exact) mass is 432 g/mol. The van der Waals surface area contributed by atoms with Crippen LogP contribution in [0.1, 0.15) is 63.4 Å². The highest BCUT2D eigenvalue weighted by molar-refractivity contribution is 5.51. The van der Waals surface area contributed by atoms with Crippen LogP contribution >= 0.6 is 0 Å². The Morgan fingerprint density at radius 2 is 1.62 bits per heavy atom. The summed E-state index contributed by atoms with van der Waals surface area (Å²) in [6.07, 6.45) is 3.45. The number of para-hydroxylation sites is 2. The van der Waals surface area contributed by atoms with Gasteiger partial charge in [-0.2, -0.15) is 4.68 Å². The van der Waals surface area contributed by atoms with Crippen molar-refractivity contribution in [3.63, 3.8) is 0 Å². The zero-order chi connectivity index (χ0) is 22.9. The van der Waals surface area contributed by atoms with E-state index in [-0.39, 0.29) is 5.41 Å². The van der Waals surface area contributed by atoms with Gasteiger partial charge in [0.15, 0.2) is 5.82 Å². The van der Waals surface area contributed by atoms with E-state index in [0.717, 1.165) is 48.2 Å². The Morgan fingerprint density at radius 1 is 1.00 bits per heavy atom. The Kier molecular flexibility index (Phi) is 5.84. The fraction of sp³-hybridized carbons (Fsp3) is 0.480. The van der Waals surface area contributed by atoms with Crippen LogP contribution in [0.25, 0.3) is 5.69 Å².